The molecule has 4 nitrogen and oxygen atoms in total. The average Bonchev–Trinajstić information content (AvgIpc) is 3.78. The van der Waals surface area contributed by atoms with Crippen molar-refractivity contribution in [3.8, 4) is 23.0 Å². The van der Waals surface area contributed by atoms with E-state index in [1.165, 1.54) is 154 Å². The van der Waals surface area contributed by atoms with E-state index in [0.29, 0.717) is 0 Å². The Kier molecular flexibility index (Phi) is 34.8. The van der Waals surface area contributed by atoms with Crippen molar-refractivity contribution in [2.24, 2.45) is 0 Å². The van der Waals surface area contributed by atoms with Crippen LogP contribution < -0.4 is 18.9 Å². The van der Waals surface area contributed by atoms with Gasteiger partial charge in [-0.05, 0) is 25.7 Å². The highest BCUT2D eigenvalue weighted by molar-refractivity contribution is 7.08. The fourth-order valence-electron chi connectivity index (χ4n) is 5.93. The van der Waals surface area contributed by atoms with Gasteiger partial charge in [0.1, 0.15) is 0 Å². The Bertz CT molecular complexity index is 858. The molecule has 6 heteroatoms. The van der Waals surface area contributed by atoms with Crippen molar-refractivity contribution < 1.29 is 18.9 Å². The lowest BCUT2D eigenvalue weighted by Crippen LogP contribution is -2.01. The van der Waals surface area contributed by atoms with Crippen LogP contribution in [0.25, 0.3) is 0 Å². The Morgan fingerprint density at radius 1 is 0.280 bits per heavy atom. The number of hydrogen-bond donors (Lipinski definition) is 0. The molecule has 0 bridgehead atoms. The number of ether oxygens (including phenoxy) is 4. The minimum absolute atomic E-state index is 0.816. The summed E-state index contributed by atoms with van der Waals surface area (Å²) in [5, 5.41) is 8.28. The maximum Gasteiger partial charge on any atom is 0.171 e. The second-order valence-electron chi connectivity index (χ2n) is 14.1. The van der Waals surface area contributed by atoms with Gasteiger partial charge in [-0.2, -0.15) is 0 Å². The third kappa shape index (κ3) is 28.2. The van der Waals surface area contributed by atoms with Crippen molar-refractivity contribution >= 4 is 22.7 Å². The van der Waals surface area contributed by atoms with E-state index < -0.39 is 0 Å². The Labute approximate surface area is 318 Å². The quantitative estimate of drug-likeness (QED) is 0.0653. The molecular weight excluding hydrogens is 657 g/mol. The molecule has 0 spiro atoms. The van der Waals surface area contributed by atoms with Crippen LogP contribution in [-0.2, 0) is 0 Å². The van der Waals surface area contributed by atoms with Gasteiger partial charge in [0.05, 0.1) is 26.4 Å². The van der Waals surface area contributed by atoms with Crippen molar-refractivity contribution in [1.82, 2.24) is 0 Å². The molecule has 0 aliphatic rings. The molecule has 292 valence electrons. The average molecular weight is 737 g/mol. The molecule has 0 atom stereocenters. The Morgan fingerprint density at radius 2 is 0.460 bits per heavy atom. The molecule has 50 heavy (non-hydrogen) atoms. The number of rotatable bonds is 36. The minimum Gasteiger partial charge on any atom is -0.489 e. The van der Waals surface area contributed by atoms with Crippen LogP contribution in [0.3, 0.4) is 0 Å². The maximum absolute atomic E-state index is 5.94. The zero-order chi connectivity index (χ0) is 36.0. The summed E-state index contributed by atoms with van der Waals surface area (Å²) in [6.45, 7) is 12.3. The van der Waals surface area contributed by atoms with Crippen molar-refractivity contribution in [3.05, 3.63) is 21.5 Å². The van der Waals surface area contributed by atoms with Crippen LogP contribution >= 0.6 is 22.7 Å². The highest BCUT2D eigenvalue weighted by atomic mass is 32.1. The molecule has 0 N–H and O–H groups in total. The summed E-state index contributed by atoms with van der Waals surface area (Å²) >= 11 is 3.34. The van der Waals surface area contributed by atoms with Crippen molar-refractivity contribution in [3.63, 3.8) is 0 Å². The Hall–Kier alpha value is -1.40. The molecule has 0 radical (unpaired) electrons. The summed E-state index contributed by atoms with van der Waals surface area (Å²) in [5.74, 6) is 3.77. The lowest BCUT2D eigenvalue weighted by atomic mass is 10.1. The van der Waals surface area contributed by atoms with E-state index in [1.54, 1.807) is 22.7 Å². The zero-order valence-corrected chi connectivity index (χ0v) is 35.0. The Morgan fingerprint density at radius 3 is 0.660 bits per heavy atom. The molecular formula is C44H80O4S2. The van der Waals surface area contributed by atoms with Crippen LogP contribution in [0, 0.1) is 0 Å². The fraction of sp³-hybridized carbons (Fsp3) is 0.818. The van der Waals surface area contributed by atoms with Crippen LogP contribution in [0.15, 0.2) is 21.5 Å². The molecule has 2 rings (SSSR count). The van der Waals surface area contributed by atoms with Gasteiger partial charge in [-0.3, -0.25) is 0 Å². The van der Waals surface area contributed by atoms with E-state index in [-0.39, 0.29) is 0 Å². The van der Waals surface area contributed by atoms with Gasteiger partial charge >= 0.3 is 0 Å². The van der Waals surface area contributed by atoms with Gasteiger partial charge < -0.3 is 18.9 Å². The van der Waals surface area contributed by atoms with Crippen LogP contribution in [0.4, 0.5) is 0 Å². The summed E-state index contributed by atoms with van der Waals surface area (Å²) in [6, 6.07) is 0. The van der Waals surface area contributed by atoms with E-state index in [4.69, 9.17) is 18.9 Å². The topological polar surface area (TPSA) is 36.9 Å². The molecule has 0 saturated heterocycles. The van der Waals surface area contributed by atoms with Gasteiger partial charge in [0, 0.05) is 21.5 Å². The van der Waals surface area contributed by atoms with Crippen molar-refractivity contribution in [2.45, 2.75) is 207 Å². The molecule has 2 aromatic heterocycles. The molecule has 0 unspecified atom stereocenters. The largest absolute Gasteiger partial charge is 0.489 e. The van der Waals surface area contributed by atoms with E-state index >= 15 is 0 Å². The van der Waals surface area contributed by atoms with Gasteiger partial charge in [-0.1, -0.05) is 182 Å². The lowest BCUT2D eigenvalue weighted by molar-refractivity contribution is 0.260. The van der Waals surface area contributed by atoms with E-state index in [2.05, 4.69) is 49.2 Å². The first kappa shape index (κ1) is 46.6. The summed E-state index contributed by atoms with van der Waals surface area (Å²) in [7, 11) is 0. The van der Waals surface area contributed by atoms with Gasteiger partial charge in [0.2, 0.25) is 0 Å². The molecule has 2 aromatic rings. The number of unbranched alkanes of at least 4 members (excludes halogenated alkanes) is 24. The number of thiophene rings is 2. The lowest BCUT2D eigenvalue weighted by Gasteiger charge is -2.09. The molecule has 0 saturated carbocycles. The van der Waals surface area contributed by atoms with Crippen LogP contribution in [-0.4, -0.2) is 26.4 Å². The highest BCUT2D eigenvalue weighted by Crippen LogP contribution is 2.33. The molecule has 2 heterocycles. The van der Waals surface area contributed by atoms with Crippen LogP contribution in [0.2, 0.25) is 0 Å². The Balaban J connectivity index is 0.000000506. The van der Waals surface area contributed by atoms with E-state index in [0.717, 1.165) is 75.1 Å². The third-order valence-corrected chi connectivity index (χ3v) is 10.6. The fourth-order valence-corrected chi connectivity index (χ4v) is 7.30. The first-order chi connectivity index (χ1) is 24.8. The minimum atomic E-state index is 0.816. The summed E-state index contributed by atoms with van der Waals surface area (Å²) in [6.07, 6.45) is 37.0. The predicted octanol–water partition coefficient (Wildman–Crippen LogP) is 16.0. The predicted molar refractivity (Wildman–Crippen MR) is 223 cm³/mol. The summed E-state index contributed by atoms with van der Waals surface area (Å²) in [4.78, 5) is 0. The van der Waals surface area contributed by atoms with Gasteiger partial charge in [-0.25, -0.2) is 0 Å². The standard InChI is InChI=1S/C24H44O2S.C20H36O2S/c1-3-5-7-9-11-13-15-17-19-25-23-21-27-22-24(23)26-20-18-16-14-12-10-8-6-4-2;1-3-5-7-9-11-13-15-21-19-17-23-18-20(19)22-16-14-12-10-8-6-4-2/h21-22H,3-20H2,1-2H3;17-18H,3-16H2,1-2H3. The highest BCUT2D eigenvalue weighted by Gasteiger charge is 2.08. The molecule has 0 aromatic carbocycles. The van der Waals surface area contributed by atoms with Crippen molar-refractivity contribution in [1.29, 1.82) is 0 Å². The normalized spacial score (nSPS) is 11.0. The van der Waals surface area contributed by atoms with Crippen LogP contribution in [0.5, 0.6) is 23.0 Å². The smallest absolute Gasteiger partial charge is 0.171 e. The van der Waals surface area contributed by atoms with Gasteiger partial charge in [0.15, 0.2) is 23.0 Å². The first-order valence-electron chi connectivity index (χ1n) is 21.4. The third-order valence-electron chi connectivity index (χ3n) is 9.21. The van der Waals surface area contributed by atoms with Gasteiger partial charge in [-0.15, -0.1) is 22.7 Å². The monoisotopic (exact) mass is 737 g/mol. The SMILES string of the molecule is CCCCCCCCCCOc1cscc1OCCCCCCCCCC.CCCCCCCCOc1cscc1OCCCCCCCC. The zero-order valence-electron chi connectivity index (χ0n) is 33.4. The van der Waals surface area contributed by atoms with Gasteiger partial charge in [0.25, 0.3) is 0 Å². The van der Waals surface area contributed by atoms with Crippen LogP contribution in [0.1, 0.15) is 207 Å². The van der Waals surface area contributed by atoms with E-state index in [1.807, 2.05) is 0 Å². The molecule has 0 fully saturated rings. The number of hydrogen-bond acceptors (Lipinski definition) is 6. The van der Waals surface area contributed by atoms with Crippen molar-refractivity contribution in [2.75, 3.05) is 26.4 Å². The second kappa shape index (κ2) is 37.4. The molecule has 0 aliphatic heterocycles. The first-order valence-corrected chi connectivity index (χ1v) is 23.3. The second-order valence-corrected chi connectivity index (χ2v) is 15.6. The summed E-state index contributed by atoms with van der Waals surface area (Å²) in [5.41, 5.74) is 0. The maximum atomic E-state index is 5.94. The molecule has 0 amide bonds. The molecule has 0 aliphatic carbocycles. The summed E-state index contributed by atoms with van der Waals surface area (Å²) < 4.78 is 23.6. The van der Waals surface area contributed by atoms with E-state index in [9.17, 15) is 0 Å².